The van der Waals surface area contributed by atoms with Gasteiger partial charge in [-0.2, -0.15) is 5.10 Å². The first-order chi connectivity index (χ1) is 6.20. The molecule has 1 spiro atoms. The van der Waals surface area contributed by atoms with Crippen molar-refractivity contribution in [3.63, 3.8) is 0 Å². The van der Waals surface area contributed by atoms with E-state index in [1.807, 2.05) is 0 Å². The van der Waals surface area contributed by atoms with E-state index in [1.165, 1.54) is 25.0 Å². The van der Waals surface area contributed by atoms with E-state index in [4.69, 9.17) is 5.73 Å². The minimum Gasteiger partial charge on any atom is -0.368 e. The summed E-state index contributed by atoms with van der Waals surface area (Å²) < 4.78 is 0. The molecule has 1 amide bonds. The summed E-state index contributed by atoms with van der Waals surface area (Å²) in [5.41, 5.74) is 9.46. The van der Waals surface area contributed by atoms with E-state index in [1.54, 1.807) is 0 Å². The van der Waals surface area contributed by atoms with E-state index in [-0.39, 0.29) is 12.5 Å². The van der Waals surface area contributed by atoms with Gasteiger partial charge in [0.1, 0.15) is 6.54 Å². The third-order valence-electron chi connectivity index (χ3n) is 3.06. The van der Waals surface area contributed by atoms with Crippen molar-refractivity contribution in [3.8, 4) is 0 Å². The smallest absolute Gasteiger partial charge is 0.238 e. The van der Waals surface area contributed by atoms with Crippen molar-refractivity contribution in [3.05, 3.63) is 0 Å². The summed E-state index contributed by atoms with van der Waals surface area (Å²) in [6.07, 6.45) is 6.35. The molecule has 0 saturated heterocycles. The molecule has 2 aliphatic rings. The molecule has 0 heterocycles. The number of hydrogen-bond donors (Lipinski definition) is 2. The Morgan fingerprint density at radius 1 is 1.54 bits per heavy atom. The molecule has 0 aromatic heterocycles. The lowest BCUT2D eigenvalue weighted by atomic mass is 9.55. The fourth-order valence-corrected chi connectivity index (χ4v) is 2.15. The van der Waals surface area contributed by atoms with Crippen molar-refractivity contribution >= 4 is 11.6 Å². The highest BCUT2D eigenvalue weighted by Gasteiger charge is 2.46. The van der Waals surface area contributed by atoms with Crippen LogP contribution in [0.25, 0.3) is 0 Å². The minimum absolute atomic E-state index is 0.149. The van der Waals surface area contributed by atoms with Crippen molar-refractivity contribution in [1.82, 2.24) is 5.43 Å². The molecule has 0 bridgehead atoms. The summed E-state index contributed by atoms with van der Waals surface area (Å²) in [6, 6.07) is 0. The van der Waals surface area contributed by atoms with E-state index in [0.717, 1.165) is 12.8 Å². The van der Waals surface area contributed by atoms with Gasteiger partial charge >= 0.3 is 0 Å². The van der Waals surface area contributed by atoms with Crippen LogP contribution in [0.15, 0.2) is 5.10 Å². The van der Waals surface area contributed by atoms with Crippen molar-refractivity contribution in [2.24, 2.45) is 16.3 Å². The highest BCUT2D eigenvalue weighted by atomic mass is 16.1. The van der Waals surface area contributed by atoms with Gasteiger partial charge in [0.25, 0.3) is 0 Å². The van der Waals surface area contributed by atoms with Crippen LogP contribution in [0.2, 0.25) is 0 Å². The predicted octanol–water partition coefficient (Wildman–Crippen LogP) is 0.381. The van der Waals surface area contributed by atoms with Gasteiger partial charge in [-0.05, 0) is 31.1 Å². The van der Waals surface area contributed by atoms with Crippen LogP contribution in [0.3, 0.4) is 0 Å². The summed E-state index contributed by atoms with van der Waals surface area (Å²) >= 11 is 0. The van der Waals surface area contributed by atoms with Gasteiger partial charge in [-0.25, -0.2) is 0 Å². The number of hydrazone groups is 1. The van der Waals surface area contributed by atoms with Crippen molar-refractivity contribution in [1.29, 1.82) is 0 Å². The van der Waals surface area contributed by atoms with Crippen LogP contribution >= 0.6 is 0 Å². The maximum Gasteiger partial charge on any atom is 0.238 e. The zero-order valence-corrected chi connectivity index (χ0v) is 7.68. The number of nitrogens with zero attached hydrogens (tertiary/aromatic N) is 1. The second-order valence-corrected chi connectivity index (χ2v) is 4.19. The normalized spacial score (nSPS) is 23.2. The van der Waals surface area contributed by atoms with E-state index >= 15 is 0 Å². The Bertz CT molecular complexity index is 246. The molecule has 2 aliphatic carbocycles. The van der Waals surface area contributed by atoms with Crippen LogP contribution < -0.4 is 11.2 Å². The van der Waals surface area contributed by atoms with Crippen LogP contribution in [0, 0.1) is 5.41 Å². The second kappa shape index (κ2) is 3.01. The minimum atomic E-state index is -0.359. The molecule has 0 aromatic carbocycles. The van der Waals surface area contributed by atoms with Gasteiger partial charge in [-0.15, -0.1) is 0 Å². The fraction of sp³-hybridized carbons (Fsp3) is 0.778. The number of carbonyl (C=O) groups excluding carboxylic acids is 1. The van der Waals surface area contributed by atoms with Crippen LogP contribution in [-0.2, 0) is 4.79 Å². The van der Waals surface area contributed by atoms with Crippen LogP contribution in [0.5, 0.6) is 0 Å². The number of hydrogen-bond acceptors (Lipinski definition) is 3. The van der Waals surface area contributed by atoms with Gasteiger partial charge in [-0.3, -0.25) is 4.79 Å². The van der Waals surface area contributed by atoms with Gasteiger partial charge < -0.3 is 11.2 Å². The van der Waals surface area contributed by atoms with E-state index in [9.17, 15) is 4.79 Å². The molecule has 13 heavy (non-hydrogen) atoms. The summed E-state index contributed by atoms with van der Waals surface area (Å²) in [7, 11) is 0. The second-order valence-electron chi connectivity index (χ2n) is 4.19. The van der Waals surface area contributed by atoms with Gasteiger partial charge in [0.2, 0.25) is 5.91 Å². The summed E-state index contributed by atoms with van der Waals surface area (Å²) in [6.45, 7) is 0.149. The Morgan fingerprint density at radius 2 is 2.23 bits per heavy atom. The lowest BCUT2D eigenvalue weighted by molar-refractivity contribution is -0.117. The summed E-state index contributed by atoms with van der Waals surface area (Å²) in [5, 5.41) is 4.11. The largest absolute Gasteiger partial charge is 0.368 e. The molecule has 0 unspecified atom stereocenters. The van der Waals surface area contributed by atoms with Gasteiger partial charge in [0.05, 0.1) is 0 Å². The fourth-order valence-electron chi connectivity index (χ4n) is 2.15. The SMILES string of the molecule is NC(=O)CNN=C1CC2(CCC2)C1. The average molecular weight is 181 g/mol. The highest BCUT2D eigenvalue weighted by molar-refractivity contribution is 5.91. The number of primary amides is 1. The Labute approximate surface area is 77.6 Å². The molecule has 3 N–H and O–H groups in total. The third kappa shape index (κ3) is 1.66. The highest BCUT2D eigenvalue weighted by Crippen LogP contribution is 2.54. The summed E-state index contributed by atoms with van der Waals surface area (Å²) in [4.78, 5) is 10.4. The molecule has 2 saturated carbocycles. The molecular formula is C9H15N3O. The van der Waals surface area contributed by atoms with Gasteiger partial charge in [0, 0.05) is 5.71 Å². The molecule has 4 heteroatoms. The van der Waals surface area contributed by atoms with Crippen molar-refractivity contribution in [2.75, 3.05) is 6.54 Å². The standard InChI is InChI=1S/C9H15N3O/c10-8(13)6-11-12-7-4-9(5-7)2-1-3-9/h11H,1-6H2,(H2,10,13). The van der Waals surface area contributed by atoms with E-state index in [0.29, 0.717) is 5.41 Å². The maximum absolute atomic E-state index is 10.4. The Balaban J connectivity index is 1.70. The maximum atomic E-state index is 10.4. The van der Waals surface area contributed by atoms with E-state index < -0.39 is 0 Å². The molecular weight excluding hydrogens is 166 g/mol. The molecule has 4 nitrogen and oxygen atoms in total. The molecule has 0 radical (unpaired) electrons. The molecule has 0 aromatic rings. The molecule has 2 fully saturated rings. The lowest BCUT2D eigenvalue weighted by Crippen LogP contribution is -2.44. The number of rotatable bonds is 3. The first-order valence-electron chi connectivity index (χ1n) is 4.77. The third-order valence-corrected chi connectivity index (χ3v) is 3.06. The van der Waals surface area contributed by atoms with E-state index in [2.05, 4.69) is 10.5 Å². The Kier molecular flexibility index (Phi) is 1.98. The molecule has 2 rings (SSSR count). The number of nitrogens with two attached hydrogens (primary N) is 1. The van der Waals surface area contributed by atoms with Crippen LogP contribution in [-0.4, -0.2) is 18.2 Å². The van der Waals surface area contributed by atoms with Crippen molar-refractivity contribution in [2.45, 2.75) is 32.1 Å². The number of amides is 1. The number of nitrogens with one attached hydrogen (secondary N) is 1. The number of carbonyl (C=O) groups is 1. The predicted molar refractivity (Wildman–Crippen MR) is 50.2 cm³/mol. The molecule has 72 valence electrons. The van der Waals surface area contributed by atoms with Crippen LogP contribution in [0.4, 0.5) is 0 Å². The van der Waals surface area contributed by atoms with Gasteiger partial charge in [0.15, 0.2) is 0 Å². The average Bonchev–Trinajstić information content (AvgIpc) is 1.89. The molecule has 0 atom stereocenters. The lowest BCUT2D eigenvalue weighted by Gasteiger charge is -2.49. The Hall–Kier alpha value is -1.06. The topological polar surface area (TPSA) is 67.5 Å². The zero-order valence-electron chi connectivity index (χ0n) is 7.68. The van der Waals surface area contributed by atoms with Crippen molar-refractivity contribution < 1.29 is 4.79 Å². The zero-order chi connectivity index (χ0) is 9.31. The Morgan fingerprint density at radius 3 is 2.69 bits per heavy atom. The quantitative estimate of drug-likeness (QED) is 0.618. The summed E-state index contributed by atoms with van der Waals surface area (Å²) in [5.74, 6) is -0.359. The monoisotopic (exact) mass is 181 g/mol. The van der Waals surface area contributed by atoms with Crippen LogP contribution in [0.1, 0.15) is 32.1 Å². The molecule has 0 aliphatic heterocycles. The first kappa shape index (κ1) is 8.53. The van der Waals surface area contributed by atoms with Gasteiger partial charge in [-0.1, -0.05) is 6.42 Å². The first-order valence-corrected chi connectivity index (χ1v) is 4.77.